The Hall–Kier alpha value is -1.79. The van der Waals surface area contributed by atoms with Crippen molar-refractivity contribution in [2.75, 3.05) is 25.4 Å². The number of hydrogen-bond acceptors (Lipinski definition) is 5. The first-order valence-corrected chi connectivity index (χ1v) is 10.6. The van der Waals surface area contributed by atoms with Crippen LogP contribution in [0.1, 0.15) is 42.9 Å². The number of aliphatic hydroxyl groups excluding tert-OH is 1. The molecule has 2 aromatic carbocycles. The molecule has 4 N–H and O–H groups in total. The summed E-state index contributed by atoms with van der Waals surface area (Å²) >= 11 is 12.0. The molecular weight excluding hydrogens is 411 g/mol. The van der Waals surface area contributed by atoms with Crippen molar-refractivity contribution in [2.45, 2.75) is 38.2 Å². The molecule has 0 aliphatic carbocycles. The number of halogens is 2. The van der Waals surface area contributed by atoms with Gasteiger partial charge in [-0.25, -0.2) is 0 Å². The van der Waals surface area contributed by atoms with Gasteiger partial charge in [0.05, 0.1) is 34.9 Å². The molecule has 0 aromatic heterocycles. The Morgan fingerprint density at radius 1 is 1.07 bits per heavy atom. The fourth-order valence-corrected chi connectivity index (χ4v) is 3.36. The highest BCUT2D eigenvalue weighted by molar-refractivity contribution is 6.38. The summed E-state index contributed by atoms with van der Waals surface area (Å²) in [6.45, 7) is 1.66. The standard InChI is InChI=1S/C22H28Cl2N2O3/c23-18-13-17(14-19(24)22(18)25)20(27)15-26-10-6-1-2-7-11-29-21(28)12-16-8-4-3-5-9-16/h3-5,8-9,13-14,20,26-27H,1-2,6-7,10-12,15,25H2. The van der Waals surface area contributed by atoms with E-state index in [1.165, 1.54) is 0 Å². The van der Waals surface area contributed by atoms with Gasteiger partial charge in [0.1, 0.15) is 0 Å². The van der Waals surface area contributed by atoms with Gasteiger partial charge in [0, 0.05) is 6.54 Å². The Kier molecular flexibility index (Phi) is 10.3. The number of unbranched alkanes of at least 4 members (excludes halogenated alkanes) is 3. The summed E-state index contributed by atoms with van der Waals surface area (Å²) in [7, 11) is 0. The van der Waals surface area contributed by atoms with Crippen LogP contribution in [-0.2, 0) is 16.0 Å². The molecule has 0 spiro atoms. The van der Waals surface area contributed by atoms with Crippen molar-refractivity contribution in [3.05, 3.63) is 63.6 Å². The molecule has 0 saturated heterocycles. The van der Waals surface area contributed by atoms with E-state index in [1.54, 1.807) is 12.1 Å². The van der Waals surface area contributed by atoms with Crippen molar-refractivity contribution in [1.82, 2.24) is 5.32 Å². The fraction of sp³-hybridized carbons (Fsp3) is 0.409. The van der Waals surface area contributed by atoms with Crippen molar-refractivity contribution in [3.63, 3.8) is 0 Å². The minimum atomic E-state index is -0.699. The predicted molar refractivity (Wildman–Crippen MR) is 118 cm³/mol. The number of ether oxygens (including phenoxy) is 1. The van der Waals surface area contributed by atoms with Crippen LogP contribution in [0.15, 0.2) is 42.5 Å². The van der Waals surface area contributed by atoms with E-state index in [2.05, 4.69) is 5.32 Å². The molecule has 158 valence electrons. The highest BCUT2D eigenvalue weighted by Gasteiger charge is 2.12. The second kappa shape index (κ2) is 12.7. The number of nitrogens with one attached hydrogen (secondary N) is 1. The van der Waals surface area contributed by atoms with Crippen LogP contribution in [0.2, 0.25) is 10.0 Å². The van der Waals surface area contributed by atoms with E-state index in [4.69, 9.17) is 33.7 Å². The van der Waals surface area contributed by atoms with Crippen molar-refractivity contribution in [3.8, 4) is 0 Å². The Morgan fingerprint density at radius 3 is 2.41 bits per heavy atom. The van der Waals surface area contributed by atoms with E-state index in [0.717, 1.165) is 37.8 Å². The van der Waals surface area contributed by atoms with Crippen molar-refractivity contribution in [1.29, 1.82) is 0 Å². The van der Waals surface area contributed by atoms with Crippen LogP contribution in [-0.4, -0.2) is 30.8 Å². The molecule has 0 fully saturated rings. The van der Waals surface area contributed by atoms with Gasteiger partial charge < -0.3 is 20.9 Å². The molecule has 1 unspecified atom stereocenters. The molecule has 0 saturated carbocycles. The third-order valence-electron chi connectivity index (χ3n) is 4.53. The van der Waals surface area contributed by atoms with Gasteiger partial charge in [-0.15, -0.1) is 0 Å². The number of hydrogen-bond donors (Lipinski definition) is 3. The van der Waals surface area contributed by atoms with E-state index >= 15 is 0 Å². The van der Waals surface area contributed by atoms with Gasteiger partial charge in [-0.2, -0.15) is 0 Å². The van der Waals surface area contributed by atoms with E-state index in [0.29, 0.717) is 40.9 Å². The normalized spacial score (nSPS) is 12.0. The number of rotatable bonds is 12. The maximum Gasteiger partial charge on any atom is 0.310 e. The predicted octanol–water partition coefficient (Wildman–Crippen LogP) is 4.54. The summed E-state index contributed by atoms with van der Waals surface area (Å²) in [6.07, 6.45) is 3.47. The molecule has 1 atom stereocenters. The lowest BCUT2D eigenvalue weighted by molar-refractivity contribution is -0.142. The minimum absolute atomic E-state index is 0.185. The highest BCUT2D eigenvalue weighted by Crippen LogP contribution is 2.31. The van der Waals surface area contributed by atoms with Crippen LogP contribution in [0.4, 0.5) is 5.69 Å². The first-order valence-electron chi connectivity index (χ1n) is 9.80. The summed E-state index contributed by atoms with van der Waals surface area (Å²) in [5.41, 5.74) is 7.63. The molecule has 0 aliphatic rings. The second-order valence-corrected chi connectivity index (χ2v) is 7.73. The largest absolute Gasteiger partial charge is 0.465 e. The quantitative estimate of drug-likeness (QED) is 0.257. The zero-order chi connectivity index (χ0) is 21.1. The lowest BCUT2D eigenvalue weighted by Crippen LogP contribution is -2.22. The van der Waals surface area contributed by atoms with Crippen molar-refractivity contribution in [2.24, 2.45) is 0 Å². The zero-order valence-electron chi connectivity index (χ0n) is 16.4. The Morgan fingerprint density at radius 2 is 1.72 bits per heavy atom. The molecule has 7 heteroatoms. The number of esters is 1. The summed E-state index contributed by atoms with van der Waals surface area (Å²) in [5, 5.41) is 14.1. The highest BCUT2D eigenvalue weighted by atomic mass is 35.5. The van der Waals surface area contributed by atoms with Crippen LogP contribution >= 0.6 is 23.2 Å². The van der Waals surface area contributed by atoms with Gasteiger partial charge in [-0.05, 0) is 42.6 Å². The van der Waals surface area contributed by atoms with Crippen LogP contribution in [0, 0.1) is 0 Å². The third kappa shape index (κ3) is 8.62. The summed E-state index contributed by atoms with van der Waals surface area (Å²) in [6, 6.07) is 12.9. The van der Waals surface area contributed by atoms with E-state index in [9.17, 15) is 9.90 Å². The monoisotopic (exact) mass is 438 g/mol. The number of anilines is 1. The molecule has 29 heavy (non-hydrogen) atoms. The van der Waals surface area contributed by atoms with Gasteiger partial charge in [0.15, 0.2) is 0 Å². The van der Waals surface area contributed by atoms with Crippen LogP contribution < -0.4 is 11.1 Å². The van der Waals surface area contributed by atoms with E-state index in [-0.39, 0.29) is 5.97 Å². The molecule has 0 heterocycles. The number of nitrogens with two attached hydrogens (primary N) is 1. The second-order valence-electron chi connectivity index (χ2n) is 6.92. The molecule has 0 radical (unpaired) electrons. The molecular formula is C22H28Cl2N2O3. The maximum atomic E-state index is 11.7. The Labute approximate surface area is 182 Å². The maximum absolute atomic E-state index is 11.7. The zero-order valence-corrected chi connectivity index (χ0v) is 17.9. The van der Waals surface area contributed by atoms with Crippen LogP contribution in [0.5, 0.6) is 0 Å². The third-order valence-corrected chi connectivity index (χ3v) is 5.15. The molecule has 2 aromatic rings. The first-order chi connectivity index (χ1) is 14.0. The first kappa shape index (κ1) is 23.5. The van der Waals surface area contributed by atoms with E-state index in [1.807, 2.05) is 30.3 Å². The number of nitrogen functional groups attached to an aromatic ring is 1. The summed E-state index contributed by atoms with van der Waals surface area (Å²) in [4.78, 5) is 11.7. The minimum Gasteiger partial charge on any atom is -0.465 e. The van der Waals surface area contributed by atoms with Crippen LogP contribution in [0.25, 0.3) is 0 Å². The van der Waals surface area contributed by atoms with Gasteiger partial charge in [-0.1, -0.05) is 66.4 Å². The summed E-state index contributed by atoms with van der Waals surface area (Å²) < 4.78 is 5.26. The smallest absolute Gasteiger partial charge is 0.310 e. The average Bonchev–Trinajstić information content (AvgIpc) is 2.71. The Balaban J connectivity index is 1.49. The lowest BCUT2D eigenvalue weighted by Gasteiger charge is -2.14. The number of benzene rings is 2. The molecule has 0 amide bonds. The average molecular weight is 439 g/mol. The van der Waals surface area contributed by atoms with Gasteiger partial charge in [-0.3, -0.25) is 4.79 Å². The number of aliphatic hydroxyl groups is 1. The number of carbonyl (C=O) groups is 1. The topological polar surface area (TPSA) is 84.6 Å². The molecule has 5 nitrogen and oxygen atoms in total. The SMILES string of the molecule is Nc1c(Cl)cc(C(O)CNCCCCCCOC(=O)Cc2ccccc2)cc1Cl. The summed E-state index contributed by atoms with van der Waals surface area (Å²) in [5.74, 6) is -0.185. The molecule has 2 rings (SSSR count). The van der Waals surface area contributed by atoms with Crippen molar-refractivity contribution < 1.29 is 14.6 Å². The molecule has 0 aliphatic heterocycles. The van der Waals surface area contributed by atoms with E-state index < -0.39 is 6.10 Å². The van der Waals surface area contributed by atoms with Gasteiger partial charge >= 0.3 is 5.97 Å². The molecule has 0 bridgehead atoms. The van der Waals surface area contributed by atoms with Crippen molar-refractivity contribution >= 4 is 34.9 Å². The Bertz CT molecular complexity index is 749. The fourth-order valence-electron chi connectivity index (χ4n) is 2.86. The number of carbonyl (C=O) groups excluding carboxylic acids is 1. The lowest BCUT2D eigenvalue weighted by atomic mass is 10.1. The van der Waals surface area contributed by atoms with Gasteiger partial charge in [0.2, 0.25) is 0 Å². The van der Waals surface area contributed by atoms with Gasteiger partial charge in [0.25, 0.3) is 0 Å². The van der Waals surface area contributed by atoms with Crippen LogP contribution in [0.3, 0.4) is 0 Å².